The Morgan fingerprint density at radius 1 is 0.971 bits per heavy atom. The zero-order chi connectivity index (χ0) is 25.6. The predicted octanol–water partition coefficient (Wildman–Crippen LogP) is 2.58. The van der Waals surface area contributed by atoms with Crippen molar-refractivity contribution in [1.29, 1.82) is 0 Å². The van der Waals surface area contributed by atoms with Crippen molar-refractivity contribution in [2.75, 3.05) is 39.9 Å². The second-order valence-corrected chi connectivity index (χ2v) is 7.69. The van der Waals surface area contributed by atoms with E-state index >= 15 is 0 Å². The van der Waals surface area contributed by atoms with Crippen molar-refractivity contribution < 1.29 is 37.0 Å². The second-order valence-electron chi connectivity index (χ2n) is 7.69. The highest BCUT2D eigenvalue weighted by Crippen LogP contribution is 2.30. The van der Waals surface area contributed by atoms with E-state index in [2.05, 4.69) is 0 Å². The van der Waals surface area contributed by atoms with E-state index in [4.69, 9.17) is 15.2 Å². The molecule has 0 aliphatic carbocycles. The molecule has 3 amide bonds. The van der Waals surface area contributed by atoms with Gasteiger partial charge < -0.3 is 25.0 Å². The van der Waals surface area contributed by atoms with Crippen molar-refractivity contribution in [2.45, 2.75) is 6.18 Å². The average Bonchev–Trinajstić information content (AvgIpc) is 2.85. The third kappa shape index (κ3) is 6.75. The molecule has 0 unspecified atom stereocenters. The Hall–Kier alpha value is -4.02. The van der Waals surface area contributed by atoms with E-state index in [1.54, 1.807) is 29.2 Å². The van der Waals surface area contributed by atoms with Crippen molar-refractivity contribution >= 4 is 23.8 Å². The molecule has 3 rings (SSSR count). The number of nitrogens with zero attached hydrogens (tertiary/aromatic N) is 2. The van der Waals surface area contributed by atoms with E-state index < -0.39 is 17.6 Å². The fourth-order valence-corrected chi connectivity index (χ4v) is 3.44. The zero-order valence-corrected chi connectivity index (χ0v) is 18.9. The minimum absolute atomic E-state index is 0.162. The van der Waals surface area contributed by atoms with Gasteiger partial charge in [-0.05, 0) is 48.0 Å². The van der Waals surface area contributed by atoms with Gasteiger partial charge in [0.15, 0.2) is 18.1 Å². The smallest absolute Gasteiger partial charge is 0.416 e. The molecule has 0 atom stereocenters. The van der Waals surface area contributed by atoms with Gasteiger partial charge in [0.25, 0.3) is 11.8 Å². The molecule has 1 aliphatic heterocycles. The highest BCUT2D eigenvalue weighted by Gasteiger charge is 2.31. The Kier molecular flexibility index (Phi) is 8.00. The van der Waals surface area contributed by atoms with Gasteiger partial charge in [-0.1, -0.05) is 6.07 Å². The number of halogens is 3. The van der Waals surface area contributed by atoms with Gasteiger partial charge in [-0.3, -0.25) is 14.4 Å². The Morgan fingerprint density at radius 2 is 1.60 bits per heavy atom. The quantitative estimate of drug-likeness (QED) is 0.600. The van der Waals surface area contributed by atoms with Gasteiger partial charge in [-0.2, -0.15) is 13.2 Å². The van der Waals surface area contributed by atoms with Crippen LogP contribution in [0.4, 0.5) is 13.2 Å². The van der Waals surface area contributed by atoms with E-state index in [9.17, 15) is 27.6 Å². The van der Waals surface area contributed by atoms with Crippen LogP contribution in [0.25, 0.3) is 6.08 Å². The molecule has 0 saturated carbocycles. The number of alkyl halides is 3. The summed E-state index contributed by atoms with van der Waals surface area (Å²) in [6, 6.07) is 8.99. The number of benzene rings is 2. The second kappa shape index (κ2) is 10.9. The molecule has 2 N–H and O–H groups in total. The molecule has 1 heterocycles. The first-order valence-electron chi connectivity index (χ1n) is 10.6. The Balaban J connectivity index is 1.55. The molecule has 8 nitrogen and oxygen atoms in total. The van der Waals surface area contributed by atoms with E-state index in [1.807, 2.05) is 0 Å². The Bertz CT molecular complexity index is 1110. The summed E-state index contributed by atoms with van der Waals surface area (Å²) in [5, 5.41) is 0. The fourth-order valence-electron chi connectivity index (χ4n) is 3.44. The van der Waals surface area contributed by atoms with Crippen LogP contribution in [0.1, 0.15) is 21.5 Å². The molecule has 186 valence electrons. The lowest BCUT2D eigenvalue weighted by molar-refractivity contribution is -0.137. The molecule has 11 heteroatoms. The fraction of sp³-hybridized carbons (Fsp3) is 0.292. The van der Waals surface area contributed by atoms with Crippen LogP contribution in [0.15, 0.2) is 48.5 Å². The number of amides is 3. The molecule has 0 spiro atoms. The number of nitrogens with two attached hydrogens (primary N) is 1. The molecule has 2 aromatic carbocycles. The third-order valence-electron chi connectivity index (χ3n) is 5.31. The summed E-state index contributed by atoms with van der Waals surface area (Å²) in [5.74, 6) is -0.547. The van der Waals surface area contributed by atoms with Gasteiger partial charge in [-0.15, -0.1) is 0 Å². The summed E-state index contributed by atoms with van der Waals surface area (Å²) in [6.07, 6.45) is -1.47. The number of primary amides is 1. The number of piperazine rings is 1. The van der Waals surface area contributed by atoms with Crippen LogP contribution in [0.3, 0.4) is 0 Å². The van der Waals surface area contributed by atoms with Crippen LogP contribution in [-0.4, -0.2) is 67.4 Å². The Labute approximate surface area is 199 Å². The van der Waals surface area contributed by atoms with E-state index in [-0.39, 0.29) is 37.1 Å². The average molecular weight is 491 g/mol. The van der Waals surface area contributed by atoms with Gasteiger partial charge in [-0.25, -0.2) is 0 Å². The molecular formula is C24H24F3N3O5. The summed E-state index contributed by atoms with van der Waals surface area (Å²) in [5.41, 5.74) is 5.08. The summed E-state index contributed by atoms with van der Waals surface area (Å²) in [4.78, 5) is 39.1. The van der Waals surface area contributed by atoms with E-state index in [0.717, 1.165) is 24.3 Å². The number of hydrogen-bond donors (Lipinski definition) is 1. The van der Waals surface area contributed by atoms with Gasteiger partial charge in [0, 0.05) is 37.8 Å². The highest BCUT2D eigenvalue weighted by atomic mass is 19.4. The largest absolute Gasteiger partial charge is 0.493 e. The molecule has 35 heavy (non-hydrogen) atoms. The first-order chi connectivity index (χ1) is 16.6. The molecule has 0 bridgehead atoms. The lowest BCUT2D eigenvalue weighted by Crippen LogP contribution is -2.50. The van der Waals surface area contributed by atoms with Crippen LogP contribution >= 0.6 is 0 Å². The topological polar surface area (TPSA) is 102 Å². The minimum Gasteiger partial charge on any atom is -0.493 e. The van der Waals surface area contributed by atoms with E-state index in [1.165, 1.54) is 18.1 Å². The number of ether oxygens (including phenoxy) is 2. The lowest BCUT2D eigenvalue weighted by atomic mass is 10.1. The van der Waals surface area contributed by atoms with Crippen LogP contribution < -0.4 is 15.2 Å². The van der Waals surface area contributed by atoms with Crippen LogP contribution in [0.5, 0.6) is 11.5 Å². The summed E-state index contributed by atoms with van der Waals surface area (Å²) >= 11 is 0. The standard InChI is InChI=1S/C24H24F3N3O5/c1-34-20-14-16(2-8-19(20)35-15-21(28)31)3-9-22(32)29-10-12-30(13-11-29)23(33)17-4-6-18(7-5-17)24(25,26)27/h2-9,14H,10-13,15H2,1H3,(H2,28,31)/b9-3+. The highest BCUT2D eigenvalue weighted by molar-refractivity contribution is 5.95. The molecule has 0 aromatic heterocycles. The predicted molar refractivity (Wildman–Crippen MR) is 121 cm³/mol. The van der Waals surface area contributed by atoms with Crippen molar-refractivity contribution in [3.63, 3.8) is 0 Å². The van der Waals surface area contributed by atoms with Gasteiger partial charge >= 0.3 is 6.18 Å². The summed E-state index contributed by atoms with van der Waals surface area (Å²) in [6.45, 7) is 0.813. The lowest BCUT2D eigenvalue weighted by Gasteiger charge is -2.34. The third-order valence-corrected chi connectivity index (χ3v) is 5.31. The first kappa shape index (κ1) is 25.6. The zero-order valence-electron chi connectivity index (χ0n) is 18.9. The van der Waals surface area contributed by atoms with Gasteiger partial charge in [0.05, 0.1) is 12.7 Å². The Morgan fingerprint density at radius 3 is 2.17 bits per heavy atom. The number of hydrogen-bond acceptors (Lipinski definition) is 5. The van der Waals surface area contributed by atoms with Crippen molar-refractivity contribution in [1.82, 2.24) is 9.80 Å². The van der Waals surface area contributed by atoms with Crippen molar-refractivity contribution in [2.24, 2.45) is 5.73 Å². The molecule has 1 saturated heterocycles. The number of methoxy groups -OCH3 is 1. The number of carbonyl (C=O) groups is 3. The molecule has 1 aliphatic rings. The molecular weight excluding hydrogens is 467 g/mol. The van der Waals surface area contributed by atoms with Gasteiger partial charge in [0.2, 0.25) is 5.91 Å². The normalized spacial score (nSPS) is 14.2. The number of rotatable bonds is 7. The van der Waals surface area contributed by atoms with Gasteiger partial charge in [0.1, 0.15) is 0 Å². The van der Waals surface area contributed by atoms with Crippen molar-refractivity contribution in [3.8, 4) is 11.5 Å². The van der Waals surface area contributed by atoms with E-state index in [0.29, 0.717) is 30.2 Å². The van der Waals surface area contributed by atoms with Crippen LogP contribution in [-0.2, 0) is 15.8 Å². The first-order valence-corrected chi connectivity index (χ1v) is 10.6. The maximum absolute atomic E-state index is 12.7. The maximum Gasteiger partial charge on any atom is 0.416 e. The minimum atomic E-state index is -4.47. The van der Waals surface area contributed by atoms with Crippen LogP contribution in [0.2, 0.25) is 0 Å². The molecule has 0 radical (unpaired) electrons. The molecule has 1 fully saturated rings. The number of carbonyl (C=O) groups excluding carboxylic acids is 3. The summed E-state index contributed by atoms with van der Waals surface area (Å²) in [7, 11) is 1.44. The molecule has 2 aromatic rings. The SMILES string of the molecule is COc1cc(/C=C/C(=O)N2CCN(C(=O)c3ccc(C(F)(F)F)cc3)CC2)ccc1OCC(N)=O. The monoisotopic (exact) mass is 491 g/mol. The van der Waals surface area contributed by atoms with Crippen molar-refractivity contribution in [3.05, 3.63) is 65.2 Å². The summed E-state index contributed by atoms with van der Waals surface area (Å²) < 4.78 is 48.6. The maximum atomic E-state index is 12.7. The van der Waals surface area contributed by atoms with Crippen LogP contribution in [0, 0.1) is 0 Å².